The van der Waals surface area contributed by atoms with Crippen molar-refractivity contribution in [2.24, 2.45) is 0 Å². The van der Waals surface area contributed by atoms with Crippen LogP contribution in [0.15, 0.2) is 53.1 Å². The zero-order valence-corrected chi connectivity index (χ0v) is 15.7. The van der Waals surface area contributed by atoms with Gasteiger partial charge in [0.05, 0.1) is 17.3 Å². The third-order valence-corrected chi connectivity index (χ3v) is 5.37. The maximum atomic E-state index is 5.44. The van der Waals surface area contributed by atoms with Gasteiger partial charge < -0.3 is 9.42 Å². The van der Waals surface area contributed by atoms with Gasteiger partial charge in [-0.15, -0.1) is 11.3 Å². The van der Waals surface area contributed by atoms with E-state index in [1.54, 1.807) is 11.3 Å². The molecule has 1 unspecified atom stereocenters. The van der Waals surface area contributed by atoms with E-state index in [9.17, 15) is 0 Å². The van der Waals surface area contributed by atoms with Crippen LogP contribution in [0.3, 0.4) is 0 Å². The fraction of sp³-hybridized carbons (Fsp3) is 0.250. The zero-order chi connectivity index (χ0) is 17.9. The molecule has 0 saturated carbocycles. The van der Waals surface area contributed by atoms with Crippen LogP contribution >= 0.6 is 11.3 Å². The summed E-state index contributed by atoms with van der Waals surface area (Å²) in [6.07, 6.45) is 1.03. The lowest BCUT2D eigenvalue weighted by Crippen LogP contribution is -3.06. The molecule has 0 spiro atoms. The highest BCUT2D eigenvalue weighted by atomic mass is 32.1. The summed E-state index contributed by atoms with van der Waals surface area (Å²) < 4.78 is 6.67. The third kappa shape index (κ3) is 3.66. The molecular weight excluding hydrogens is 344 g/mol. The minimum atomic E-state index is 0.649. The highest BCUT2D eigenvalue weighted by molar-refractivity contribution is 7.18. The summed E-state index contributed by atoms with van der Waals surface area (Å²) in [7, 11) is 2.12. The second kappa shape index (κ2) is 7.35. The molecule has 132 valence electrons. The monoisotopic (exact) mass is 365 g/mol. The van der Waals surface area contributed by atoms with Gasteiger partial charge in [0.2, 0.25) is 5.82 Å². The number of thiazole rings is 1. The maximum absolute atomic E-state index is 5.44. The van der Waals surface area contributed by atoms with Crippen molar-refractivity contribution < 1.29 is 9.42 Å². The number of para-hydroxylation sites is 1. The first-order chi connectivity index (χ1) is 12.7. The standard InChI is InChI=1S/C20H20N4OS/c1-3-14-8-10-15(11-9-14)20-22-18(25-23-20)12-24(2)13-19-21-16-6-4-5-7-17(16)26-19/h4-11H,3,12-13H2,1-2H3/p+1. The Balaban J connectivity index is 1.42. The van der Waals surface area contributed by atoms with E-state index in [1.165, 1.54) is 15.2 Å². The van der Waals surface area contributed by atoms with Crippen molar-refractivity contribution in [3.63, 3.8) is 0 Å². The van der Waals surface area contributed by atoms with Crippen LogP contribution in [0.25, 0.3) is 21.6 Å². The van der Waals surface area contributed by atoms with Gasteiger partial charge in [0.25, 0.3) is 5.89 Å². The molecule has 0 aliphatic rings. The fourth-order valence-electron chi connectivity index (χ4n) is 2.91. The van der Waals surface area contributed by atoms with E-state index in [-0.39, 0.29) is 0 Å². The first kappa shape index (κ1) is 16.9. The van der Waals surface area contributed by atoms with Gasteiger partial charge >= 0.3 is 0 Å². The van der Waals surface area contributed by atoms with Crippen molar-refractivity contribution in [1.29, 1.82) is 0 Å². The lowest BCUT2D eigenvalue weighted by atomic mass is 10.1. The number of rotatable bonds is 6. The molecule has 2 heterocycles. The summed E-state index contributed by atoms with van der Waals surface area (Å²) in [6, 6.07) is 16.5. The van der Waals surface area contributed by atoms with Crippen molar-refractivity contribution in [2.45, 2.75) is 26.4 Å². The number of aryl methyl sites for hydroxylation is 1. The van der Waals surface area contributed by atoms with Crippen LogP contribution in [0.5, 0.6) is 0 Å². The molecule has 0 fully saturated rings. The molecule has 2 aromatic carbocycles. The summed E-state index contributed by atoms with van der Waals surface area (Å²) in [4.78, 5) is 10.5. The smallest absolute Gasteiger partial charge is 0.282 e. The molecule has 0 aliphatic carbocycles. The Morgan fingerprint density at radius 1 is 1.00 bits per heavy atom. The fourth-order valence-corrected chi connectivity index (χ4v) is 3.99. The molecule has 0 bridgehead atoms. The normalized spacial score (nSPS) is 12.5. The number of hydrogen-bond acceptors (Lipinski definition) is 5. The van der Waals surface area contributed by atoms with E-state index in [1.807, 2.05) is 24.3 Å². The maximum Gasteiger partial charge on any atom is 0.282 e. The molecule has 0 aliphatic heterocycles. The average molecular weight is 365 g/mol. The van der Waals surface area contributed by atoms with Gasteiger partial charge in [-0.3, -0.25) is 0 Å². The summed E-state index contributed by atoms with van der Waals surface area (Å²) in [5, 5.41) is 5.25. The number of nitrogens with zero attached hydrogens (tertiary/aromatic N) is 3. The Labute approximate surface area is 156 Å². The predicted molar refractivity (Wildman–Crippen MR) is 103 cm³/mol. The Morgan fingerprint density at radius 2 is 1.81 bits per heavy atom. The number of hydrogen-bond donors (Lipinski definition) is 1. The SMILES string of the molecule is CCc1ccc(-c2noc(C[NH+](C)Cc3nc4ccccc4s3)n2)cc1. The van der Waals surface area contributed by atoms with Crippen LogP contribution < -0.4 is 4.90 Å². The number of aromatic nitrogens is 3. The predicted octanol–water partition coefficient (Wildman–Crippen LogP) is 3.12. The largest absolute Gasteiger partial charge is 0.333 e. The Morgan fingerprint density at radius 3 is 2.58 bits per heavy atom. The summed E-state index contributed by atoms with van der Waals surface area (Å²) >= 11 is 1.74. The molecular formula is C20H21N4OS+. The average Bonchev–Trinajstić information content (AvgIpc) is 3.28. The van der Waals surface area contributed by atoms with E-state index in [0.29, 0.717) is 18.3 Å². The molecule has 2 aromatic heterocycles. The van der Waals surface area contributed by atoms with E-state index in [0.717, 1.165) is 29.1 Å². The number of quaternary nitrogens is 1. The highest BCUT2D eigenvalue weighted by Gasteiger charge is 2.15. The van der Waals surface area contributed by atoms with Crippen LogP contribution in [0.1, 0.15) is 23.4 Å². The van der Waals surface area contributed by atoms with E-state index in [4.69, 9.17) is 9.51 Å². The first-order valence-electron chi connectivity index (χ1n) is 8.79. The quantitative estimate of drug-likeness (QED) is 0.570. The van der Waals surface area contributed by atoms with Gasteiger partial charge in [0, 0.05) is 5.56 Å². The summed E-state index contributed by atoms with van der Waals surface area (Å²) in [5.41, 5.74) is 3.36. The van der Waals surface area contributed by atoms with Gasteiger partial charge in [0.1, 0.15) is 11.6 Å². The second-order valence-electron chi connectivity index (χ2n) is 6.45. The minimum Gasteiger partial charge on any atom is -0.333 e. The van der Waals surface area contributed by atoms with Crippen molar-refractivity contribution in [1.82, 2.24) is 15.1 Å². The number of benzene rings is 2. The molecule has 1 atom stereocenters. The van der Waals surface area contributed by atoms with E-state index >= 15 is 0 Å². The van der Waals surface area contributed by atoms with Gasteiger partial charge in [-0.05, 0) is 24.1 Å². The Kier molecular flexibility index (Phi) is 4.77. The topological polar surface area (TPSA) is 56.2 Å². The highest BCUT2D eigenvalue weighted by Crippen LogP contribution is 2.21. The van der Waals surface area contributed by atoms with Crippen LogP contribution in [0.2, 0.25) is 0 Å². The van der Waals surface area contributed by atoms with Crippen LogP contribution in [0, 0.1) is 0 Å². The zero-order valence-electron chi connectivity index (χ0n) is 14.9. The second-order valence-corrected chi connectivity index (χ2v) is 7.56. The van der Waals surface area contributed by atoms with Gasteiger partial charge in [0.15, 0.2) is 6.54 Å². The van der Waals surface area contributed by atoms with E-state index < -0.39 is 0 Å². The molecule has 0 saturated heterocycles. The van der Waals surface area contributed by atoms with Gasteiger partial charge in [-0.1, -0.05) is 48.5 Å². The Hall–Kier alpha value is -2.57. The molecule has 4 rings (SSSR count). The molecule has 1 N–H and O–H groups in total. The van der Waals surface area contributed by atoms with Crippen molar-refractivity contribution in [3.05, 3.63) is 65.0 Å². The minimum absolute atomic E-state index is 0.649. The van der Waals surface area contributed by atoms with Crippen LogP contribution in [-0.4, -0.2) is 22.2 Å². The number of fused-ring (bicyclic) bond motifs is 1. The van der Waals surface area contributed by atoms with Crippen LogP contribution in [-0.2, 0) is 19.5 Å². The van der Waals surface area contributed by atoms with Crippen molar-refractivity contribution >= 4 is 21.6 Å². The van der Waals surface area contributed by atoms with Gasteiger partial charge in [-0.25, -0.2) is 4.98 Å². The van der Waals surface area contributed by atoms with Crippen LogP contribution in [0.4, 0.5) is 0 Å². The third-order valence-electron chi connectivity index (χ3n) is 4.33. The number of nitrogens with one attached hydrogen (secondary N) is 1. The van der Waals surface area contributed by atoms with E-state index in [2.05, 4.69) is 48.4 Å². The lowest BCUT2D eigenvalue weighted by molar-refractivity contribution is -0.909. The molecule has 0 radical (unpaired) electrons. The van der Waals surface area contributed by atoms with Gasteiger partial charge in [-0.2, -0.15) is 4.98 Å². The van der Waals surface area contributed by atoms with Crippen molar-refractivity contribution in [2.75, 3.05) is 7.05 Å². The molecule has 26 heavy (non-hydrogen) atoms. The first-order valence-corrected chi connectivity index (χ1v) is 9.60. The molecule has 0 amide bonds. The molecule has 5 nitrogen and oxygen atoms in total. The summed E-state index contributed by atoms with van der Waals surface area (Å²) in [5.74, 6) is 1.30. The summed E-state index contributed by atoms with van der Waals surface area (Å²) in [6.45, 7) is 3.66. The lowest BCUT2D eigenvalue weighted by Gasteiger charge is -2.08. The molecule has 4 aromatic rings. The van der Waals surface area contributed by atoms with Crippen molar-refractivity contribution in [3.8, 4) is 11.4 Å². The molecule has 6 heteroatoms. The Bertz CT molecular complexity index is 973.